The first kappa shape index (κ1) is 37.9. The molecular weight excluding hydrogens is 769 g/mol. The van der Waals surface area contributed by atoms with Gasteiger partial charge in [-0.1, -0.05) is 36.4 Å². The maximum atomic E-state index is 13.8. The largest absolute Gasteiger partial charge is 0.464 e. The Morgan fingerprint density at radius 3 is 1.92 bits per heavy atom. The Bertz CT molecular complexity index is 2630. The number of para-hydroxylation sites is 2. The zero-order valence-corrected chi connectivity index (χ0v) is 32.1. The molecule has 0 saturated heterocycles. The summed E-state index contributed by atoms with van der Waals surface area (Å²) in [5.74, 6) is 1.90. The van der Waals surface area contributed by atoms with Gasteiger partial charge < -0.3 is 42.7 Å². The second kappa shape index (κ2) is 14.3. The highest BCUT2D eigenvalue weighted by molar-refractivity contribution is 6.11. The number of carbonyl (C=O) groups is 2. The van der Waals surface area contributed by atoms with Crippen molar-refractivity contribution in [2.45, 2.75) is 51.4 Å². The highest BCUT2D eigenvalue weighted by Gasteiger charge is 2.53. The van der Waals surface area contributed by atoms with E-state index < -0.39 is 23.3 Å². The van der Waals surface area contributed by atoms with Gasteiger partial charge in [0.1, 0.15) is 22.7 Å². The lowest BCUT2D eigenvalue weighted by atomic mass is 9.74. The molecule has 1 unspecified atom stereocenters. The minimum atomic E-state index is -4.57. The molecule has 14 heteroatoms. The number of furan rings is 2. The fourth-order valence-electron chi connectivity index (χ4n) is 8.40. The van der Waals surface area contributed by atoms with Crippen molar-refractivity contribution in [2.24, 2.45) is 0 Å². The van der Waals surface area contributed by atoms with Gasteiger partial charge in [-0.05, 0) is 115 Å². The van der Waals surface area contributed by atoms with Crippen molar-refractivity contribution >= 4 is 23.2 Å². The van der Waals surface area contributed by atoms with Crippen molar-refractivity contribution in [3.63, 3.8) is 0 Å². The minimum absolute atomic E-state index is 0.0635. The Kier molecular flexibility index (Phi) is 9.19. The number of aliphatic hydroxyl groups is 1. The average Bonchev–Trinajstić information content (AvgIpc) is 4.08. The van der Waals surface area contributed by atoms with E-state index in [4.69, 9.17) is 27.8 Å². The number of aliphatic hydroxyl groups excluding tert-OH is 1. The van der Waals surface area contributed by atoms with Crippen LogP contribution in [0.5, 0.6) is 23.0 Å². The molecule has 6 aromatic rings. The number of anilines is 2. The molecule has 0 saturated carbocycles. The van der Waals surface area contributed by atoms with E-state index in [1.54, 1.807) is 23.1 Å². The Morgan fingerprint density at radius 2 is 1.25 bits per heavy atom. The third kappa shape index (κ3) is 6.34. The summed E-state index contributed by atoms with van der Waals surface area (Å²) in [7, 11) is 0. The van der Waals surface area contributed by atoms with Crippen LogP contribution in [0.15, 0.2) is 106 Å². The summed E-state index contributed by atoms with van der Waals surface area (Å²) < 4.78 is 71.1. The number of ether oxygens (including phenoxy) is 4. The number of fused-ring (bicyclic) bond motifs is 4. The van der Waals surface area contributed by atoms with Crippen LogP contribution in [-0.2, 0) is 34.3 Å². The highest BCUT2D eigenvalue weighted by Crippen LogP contribution is 2.50. The number of rotatable bonds is 7. The maximum Gasteiger partial charge on any atom is 0.449 e. The summed E-state index contributed by atoms with van der Waals surface area (Å²) in [5.41, 5.74) is 5.00. The van der Waals surface area contributed by atoms with E-state index in [2.05, 4.69) is 0 Å². The standard InChI is InChI=1S/C23H21NO5.C22H16F3NO4/c1-14-9-20-21(28-13-27-20)10-18(14)23(12-25)17-5-3-4-6-19(17)24(22(23)26)11-16-8-7-15(2)29-16;1-12-8-17-18(29-11-28-17)9-15(12)20-14-4-2-3-5-16(14)26(21(20)27)10-13-6-7-19(30-13)22(23,24)25/h3-10,25H,11-13H2,1-2H3;2-9,20H,10-11H2,1H3/t23-;/m0./s1. The number of hydrogen-bond acceptors (Lipinski definition) is 9. The van der Waals surface area contributed by atoms with Gasteiger partial charge in [-0.2, -0.15) is 13.2 Å². The summed E-state index contributed by atoms with van der Waals surface area (Å²) in [6, 6.07) is 28.0. The lowest BCUT2D eigenvalue weighted by Gasteiger charge is -2.29. The maximum absolute atomic E-state index is 13.8. The Balaban J connectivity index is 0.000000152. The Morgan fingerprint density at radius 1 is 0.661 bits per heavy atom. The fraction of sp³-hybridized carbons (Fsp3) is 0.244. The molecule has 0 spiro atoms. The van der Waals surface area contributed by atoms with E-state index in [0.29, 0.717) is 41.0 Å². The molecule has 2 atom stereocenters. The lowest BCUT2D eigenvalue weighted by molar-refractivity contribution is -0.153. The van der Waals surface area contributed by atoms with Crippen LogP contribution < -0.4 is 28.7 Å². The van der Waals surface area contributed by atoms with Crippen molar-refractivity contribution in [3.05, 3.63) is 153 Å². The van der Waals surface area contributed by atoms with E-state index in [9.17, 15) is 27.9 Å². The first-order valence-corrected chi connectivity index (χ1v) is 18.8. The van der Waals surface area contributed by atoms with Crippen molar-refractivity contribution in [2.75, 3.05) is 30.0 Å². The van der Waals surface area contributed by atoms with Crippen LogP contribution in [0, 0.1) is 20.8 Å². The van der Waals surface area contributed by atoms with Gasteiger partial charge in [0.15, 0.2) is 23.0 Å². The average molecular weight is 807 g/mol. The third-order valence-corrected chi connectivity index (χ3v) is 11.2. The Hall–Kier alpha value is -6.67. The van der Waals surface area contributed by atoms with Crippen LogP contribution in [0.1, 0.15) is 62.3 Å². The highest BCUT2D eigenvalue weighted by atomic mass is 19.4. The summed E-state index contributed by atoms with van der Waals surface area (Å²) in [5, 5.41) is 10.6. The summed E-state index contributed by atoms with van der Waals surface area (Å²) >= 11 is 0. The number of nitrogens with zero attached hydrogens (tertiary/aromatic N) is 2. The number of hydrogen-bond donors (Lipinski definition) is 1. The number of alkyl halides is 3. The quantitative estimate of drug-likeness (QED) is 0.169. The van der Waals surface area contributed by atoms with Crippen molar-refractivity contribution in [1.29, 1.82) is 0 Å². The van der Waals surface area contributed by atoms with Gasteiger partial charge in [-0.25, -0.2) is 0 Å². The molecule has 0 aliphatic carbocycles. The lowest BCUT2D eigenvalue weighted by Crippen LogP contribution is -2.44. The van der Waals surface area contributed by atoms with Gasteiger partial charge in [0.25, 0.3) is 0 Å². The van der Waals surface area contributed by atoms with Crippen molar-refractivity contribution in [3.8, 4) is 23.0 Å². The monoisotopic (exact) mass is 806 g/mol. The summed E-state index contributed by atoms with van der Waals surface area (Å²) in [6.07, 6.45) is -4.57. The molecule has 0 bridgehead atoms. The number of amides is 2. The Labute approximate surface area is 336 Å². The summed E-state index contributed by atoms with van der Waals surface area (Å²) in [6.45, 7) is 5.81. The predicted molar refractivity (Wildman–Crippen MR) is 207 cm³/mol. The van der Waals surface area contributed by atoms with E-state index in [1.807, 2.05) is 87.5 Å². The van der Waals surface area contributed by atoms with Crippen molar-refractivity contribution < 1.29 is 55.6 Å². The molecule has 10 rings (SSSR count). The SMILES string of the molecule is Cc1cc2c(cc1C1C(=O)N(Cc3ccc(C(F)(F)F)o3)c3ccccc31)OCO2.Cc1ccc(CN2C(=O)[C@](CO)(c3cc4c(cc3C)OCO4)c3ccccc32)o1. The fourth-order valence-corrected chi connectivity index (χ4v) is 8.40. The van der Waals surface area contributed by atoms with Gasteiger partial charge in [-0.15, -0.1) is 0 Å². The van der Waals surface area contributed by atoms with Crippen LogP contribution in [0.25, 0.3) is 0 Å². The molecule has 4 aliphatic heterocycles. The predicted octanol–water partition coefficient (Wildman–Crippen LogP) is 8.46. The second-order valence-electron chi connectivity index (χ2n) is 14.7. The molecule has 1 N–H and O–H groups in total. The number of carbonyl (C=O) groups excluding carboxylic acids is 2. The second-order valence-corrected chi connectivity index (χ2v) is 14.7. The van der Waals surface area contributed by atoms with Crippen LogP contribution in [0.4, 0.5) is 24.5 Å². The van der Waals surface area contributed by atoms with Crippen molar-refractivity contribution in [1.82, 2.24) is 0 Å². The van der Waals surface area contributed by atoms with Gasteiger partial charge in [0, 0.05) is 11.4 Å². The van der Waals surface area contributed by atoms with Crippen LogP contribution >= 0.6 is 0 Å². The van der Waals surface area contributed by atoms with Gasteiger partial charge in [-0.3, -0.25) is 9.59 Å². The zero-order chi connectivity index (χ0) is 41.2. The number of aryl methyl sites for hydroxylation is 3. The molecule has 302 valence electrons. The van der Waals surface area contributed by atoms with E-state index in [0.717, 1.165) is 50.9 Å². The molecule has 4 aliphatic rings. The van der Waals surface area contributed by atoms with Gasteiger partial charge in [0.05, 0.1) is 25.6 Å². The normalized spacial score (nSPS) is 18.6. The zero-order valence-electron chi connectivity index (χ0n) is 32.1. The first-order valence-electron chi connectivity index (χ1n) is 18.8. The van der Waals surface area contributed by atoms with Gasteiger partial charge >= 0.3 is 6.18 Å². The van der Waals surface area contributed by atoms with Crippen LogP contribution in [0.2, 0.25) is 0 Å². The van der Waals surface area contributed by atoms with Crippen LogP contribution in [0.3, 0.4) is 0 Å². The molecule has 59 heavy (non-hydrogen) atoms. The topological polar surface area (TPSA) is 124 Å². The van der Waals surface area contributed by atoms with Gasteiger partial charge in [0.2, 0.25) is 31.2 Å². The molecular formula is C45H37F3N2O9. The number of benzene rings is 4. The summed E-state index contributed by atoms with van der Waals surface area (Å²) in [4.78, 5) is 30.4. The molecule has 4 aromatic carbocycles. The minimum Gasteiger partial charge on any atom is -0.464 e. The molecule has 0 fully saturated rings. The first-order chi connectivity index (χ1) is 28.4. The number of halogens is 3. The molecule has 6 heterocycles. The smallest absolute Gasteiger partial charge is 0.449 e. The molecule has 0 radical (unpaired) electrons. The molecule has 2 amide bonds. The third-order valence-electron chi connectivity index (χ3n) is 11.2. The molecule has 2 aromatic heterocycles. The van der Waals surface area contributed by atoms with E-state index in [-0.39, 0.29) is 44.3 Å². The molecule has 11 nitrogen and oxygen atoms in total. The van der Waals surface area contributed by atoms with E-state index >= 15 is 0 Å². The van der Waals surface area contributed by atoms with E-state index in [1.165, 1.54) is 11.0 Å². The van der Waals surface area contributed by atoms with Crippen LogP contribution in [-0.4, -0.2) is 37.1 Å².